The largest absolute Gasteiger partial charge is 0.296 e. The van der Waals surface area contributed by atoms with Gasteiger partial charge in [-0.25, -0.2) is 0 Å². The van der Waals surface area contributed by atoms with Crippen LogP contribution < -0.4 is 5.56 Å². The van der Waals surface area contributed by atoms with Crippen LogP contribution >= 0.6 is 11.3 Å². The molecule has 0 aliphatic carbocycles. The number of carbonyl (C=O) groups excluding carboxylic acids is 1. The van der Waals surface area contributed by atoms with Crippen molar-refractivity contribution in [3.05, 3.63) is 63.0 Å². The van der Waals surface area contributed by atoms with Crippen molar-refractivity contribution < 1.29 is 4.79 Å². The van der Waals surface area contributed by atoms with Crippen molar-refractivity contribution in [1.29, 1.82) is 0 Å². The Morgan fingerprint density at radius 3 is 2.60 bits per heavy atom. The fourth-order valence-electron chi connectivity index (χ4n) is 4.26. The zero-order valence-electron chi connectivity index (χ0n) is 17.0. The summed E-state index contributed by atoms with van der Waals surface area (Å²) in [5.41, 5.74) is 2.80. The molecule has 1 aromatic carbocycles. The summed E-state index contributed by atoms with van der Waals surface area (Å²) in [5, 5.41) is 10.6. The molecule has 1 fully saturated rings. The minimum absolute atomic E-state index is 0.0399. The number of likely N-dealkylation sites (tertiary alicyclic amines) is 1. The first-order valence-electron chi connectivity index (χ1n) is 10.2. The van der Waals surface area contributed by atoms with Gasteiger partial charge in [-0.05, 0) is 44.3 Å². The van der Waals surface area contributed by atoms with E-state index in [2.05, 4.69) is 15.1 Å². The molecule has 8 heteroatoms. The Kier molecular flexibility index (Phi) is 4.75. The number of ketones is 1. The highest BCUT2D eigenvalue weighted by Crippen LogP contribution is 2.24. The van der Waals surface area contributed by atoms with E-state index >= 15 is 0 Å². The van der Waals surface area contributed by atoms with Crippen molar-refractivity contribution in [3.8, 4) is 0 Å². The van der Waals surface area contributed by atoms with E-state index < -0.39 is 0 Å². The Hall–Kier alpha value is -2.84. The predicted molar refractivity (Wildman–Crippen MR) is 117 cm³/mol. The van der Waals surface area contributed by atoms with Crippen molar-refractivity contribution >= 4 is 33.1 Å². The van der Waals surface area contributed by atoms with Gasteiger partial charge in [-0.3, -0.25) is 23.5 Å². The van der Waals surface area contributed by atoms with E-state index in [1.54, 1.807) is 11.6 Å². The molecule has 0 N–H and O–H groups in total. The molecule has 0 unspecified atom stereocenters. The second-order valence-electron chi connectivity index (χ2n) is 8.03. The molecular weight excluding hydrogens is 398 g/mol. The molecule has 7 nitrogen and oxygen atoms in total. The first-order valence-corrected chi connectivity index (χ1v) is 11.0. The highest BCUT2D eigenvalue weighted by molar-refractivity contribution is 7.17. The van der Waals surface area contributed by atoms with E-state index in [1.807, 2.05) is 47.0 Å². The number of hydrogen-bond donors (Lipinski definition) is 0. The fraction of sp³-hybridized carbons (Fsp3) is 0.364. The minimum atomic E-state index is -0.0399. The van der Waals surface area contributed by atoms with E-state index in [0.29, 0.717) is 17.0 Å². The molecule has 0 radical (unpaired) electrons. The van der Waals surface area contributed by atoms with E-state index in [1.165, 1.54) is 16.9 Å². The molecule has 3 aromatic heterocycles. The topological polar surface area (TPSA) is 72.5 Å². The van der Waals surface area contributed by atoms with Gasteiger partial charge in [-0.2, -0.15) is 0 Å². The van der Waals surface area contributed by atoms with E-state index in [-0.39, 0.29) is 17.3 Å². The van der Waals surface area contributed by atoms with Gasteiger partial charge in [0.1, 0.15) is 4.70 Å². The Balaban J connectivity index is 1.34. The van der Waals surface area contributed by atoms with Gasteiger partial charge >= 0.3 is 0 Å². The van der Waals surface area contributed by atoms with Crippen molar-refractivity contribution in [2.45, 2.75) is 26.3 Å². The molecule has 30 heavy (non-hydrogen) atoms. The van der Waals surface area contributed by atoms with Crippen molar-refractivity contribution in [2.24, 2.45) is 13.0 Å². The van der Waals surface area contributed by atoms with Gasteiger partial charge in [0, 0.05) is 18.5 Å². The van der Waals surface area contributed by atoms with Crippen LogP contribution in [0.15, 0.2) is 40.5 Å². The molecule has 0 amide bonds. The second kappa shape index (κ2) is 7.45. The minimum Gasteiger partial charge on any atom is -0.296 e. The van der Waals surface area contributed by atoms with Crippen LogP contribution in [0.1, 0.15) is 34.6 Å². The molecule has 154 valence electrons. The van der Waals surface area contributed by atoms with Crippen LogP contribution in [0.2, 0.25) is 0 Å². The number of nitrogens with zero attached hydrogens (tertiary/aromatic N) is 5. The summed E-state index contributed by atoms with van der Waals surface area (Å²) in [7, 11) is 1.73. The monoisotopic (exact) mass is 421 g/mol. The first-order chi connectivity index (χ1) is 14.5. The van der Waals surface area contributed by atoms with Crippen molar-refractivity contribution in [3.63, 3.8) is 0 Å². The number of Topliss-reactive ketones (excluding diaryl/α,β-unsaturated/α-hetero) is 1. The van der Waals surface area contributed by atoms with Gasteiger partial charge in [0.05, 0.1) is 12.1 Å². The summed E-state index contributed by atoms with van der Waals surface area (Å²) in [4.78, 5) is 27.6. The van der Waals surface area contributed by atoms with Crippen molar-refractivity contribution in [1.82, 2.24) is 24.1 Å². The number of rotatable bonds is 4. The second-order valence-corrected chi connectivity index (χ2v) is 8.95. The third-order valence-corrected chi connectivity index (χ3v) is 6.95. The molecule has 5 rings (SSSR count). The summed E-state index contributed by atoms with van der Waals surface area (Å²) in [6.45, 7) is 4.36. The maximum absolute atomic E-state index is 12.8. The predicted octanol–water partition coefficient (Wildman–Crippen LogP) is 3.05. The zero-order valence-corrected chi connectivity index (χ0v) is 17.9. The number of piperidine rings is 1. The van der Waals surface area contributed by atoms with Gasteiger partial charge in [0.2, 0.25) is 5.78 Å². The number of carbonyl (C=O) groups is 1. The van der Waals surface area contributed by atoms with Gasteiger partial charge in [-0.15, -0.1) is 21.5 Å². The van der Waals surface area contributed by atoms with Crippen LogP contribution in [0.4, 0.5) is 0 Å². The standard InChI is InChI=1S/C22H23N5O2S/c1-14-3-5-15(6-4-14)19(28)16-7-10-26(11-8-16)13-18-23-24-22-25(2)21(29)20-17(27(18)22)9-12-30-20/h3-6,9,12,16H,7-8,10-11,13H2,1-2H3. The number of hydrogen-bond acceptors (Lipinski definition) is 6. The molecule has 0 atom stereocenters. The van der Waals surface area contributed by atoms with Crippen LogP contribution in [0.25, 0.3) is 16.0 Å². The molecule has 0 saturated carbocycles. The third kappa shape index (κ3) is 3.16. The Morgan fingerprint density at radius 1 is 1.13 bits per heavy atom. The molecule has 1 aliphatic rings. The fourth-order valence-corrected chi connectivity index (χ4v) is 5.11. The highest BCUT2D eigenvalue weighted by atomic mass is 32.1. The highest BCUT2D eigenvalue weighted by Gasteiger charge is 2.27. The van der Waals surface area contributed by atoms with E-state index in [4.69, 9.17) is 0 Å². The van der Waals surface area contributed by atoms with Crippen molar-refractivity contribution in [2.75, 3.05) is 13.1 Å². The number of fused-ring (bicyclic) bond motifs is 3. The van der Waals surface area contributed by atoms with Gasteiger partial charge < -0.3 is 0 Å². The van der Waals surface area contributed by atoms with Gasteiger partial charge in [-0.1, -0.05) is 29.8 Å². The van der Waals surface area contributed by atoms with Crippen LogP contribution in [-0.4, -0.2) is 42.9 Å². The molecule has 4 aromatic rings. The molecule has 0 spiro atoms. The van der Waals surface area contributed by atoms with Gasteiger partial charge in [0.15, 0.2) is 11.6 Å². The Morgan fingerprint density at radius 2 is 1.87 bits per heavy atom. The average Bonchev–Trinajstić information content (AvgIpc) is 3.40. The lowest BCUT2D eigenvalue weighted by Gasteiger charge is -2.30. The zero-order chi connectivity index (χ0) is 20.8. The average molecular weight is 422 g/mol. The normalized spacial score (nSPS) is 15.9. The first kappa shape index (κ1) is 19.1. The van der Waals surface area contributed by atoms with Crippen LogP contribution in [0.3, 0.4) is 0 Å². The van der Waals surface area contributed by atoms with E-state index in [9.17, 15) is 9.59 Å². The number of aryl methyl sites for hydroxylation is 2. The Bertz CT molecular complexity index is 1290. The third-order valence-electron chi connectivity index (χ3n) is 6.06. The molecule has 4 heterocycles. The molecule has 1 aliphatic heterocycles. The summed E-state index contributed by atoms with van der Waals surface area (Å²) in [6, 6.07) is 9.81. The molecule has 1 saturated heterocycles. The summed E-state index contributed by atoms with van der Waals surface area (Å²) in [6.07, 6.45) is 1.69. The van der Waals surface area contributed by atoms with Crippen LogP contribution in [-0.2, 0) is 13.6 Å². The maximum atomic E-state index is 12.8. The lowest BCUT2D eigenvalue weighted by Crippen LogP contribution is -2.36. The van der Waals surface area contributed by atoms with Gasteiger partial charge in [0.25, 0.3) is 5.56 Å². The number of benzene rings is 1. The summed E-state index contributed by atoms with van der Waals surface area (Å²) >= 11 is 1.44. The lowest BCUT2D eigenvalue weighted by molar-refractivity contribution is 0.0832. The quantitative estimate of drug-likeness (QED) is 0.474. The molecule has 0 bridgehead atoms. The number of aromatic nitrogens is 4. The summed E-state index contributed by atoms with van der Waals surface area (Å²) in [5.74, 6) is 1.71. The smallest absolute Gasteiger partial charge is 0.272 e. The lowest BCUT2D eigenvalue weighted by atomic mass is 9.88. The van der Waals surface area contributed by atoms with E-state index in [0.717, 1.165) is 42.8 Å². The summed E-state index contributed by atoms with van der Waals surface area (Å²) < 4.78 is 4.26. The Labute approximate surface area is 177 Å². The molecular formula is C22H23N5O2S. The maximum Gasteiger partial charge on any atom is 0.272 e. The number of thiophene rings is 1. The van der Waals surface area contributed by atoms with Crippen LogP contribution in [0, 0.1) is 12.8 Å². The SMILES string of the molecule is Cc1ccc(C(=O)C2CCN(Cc3nnc4n(C)c(=O)c5sccc5n34)CC2)cc1. The van der Waals surface area contributed by atoms with Crippen LogP contribution in [0.5, 0.6) is 0 Å².